The van der Waals surface area contributed by atoms with Crippen LogP contribution in [0.3, 0.4) is 0 Å². The molecule has 0 saturated heterocycles. The van der Waals surface area contributed by atoms with Crippen LogP contribution >= 0.6 is 0 Å². The number of amides is 1. The van der Waals surface area contributed by atoms with Gasteiger partial charge >= 0.3 is 0 Å². The Hall–Kier alpha value is -3.05. The number of aliphatic hydroxyl groups is 1. The van der Waals surface area contributed by atoms with Crippen molar-refractivity contribution >= 4 is 11.6 Å². The third-order valence-electron chi connectivity index (χ3n) is 3.91. The van der Waals surface area contributed by atoms with Gasteiger partial charge in [-0.3, -0.25) is 4.79 Å². The minimum atomic E-state index is -0.228. The summed E-state index contributed by atoms with van der Waals surface area (Å²) in [5.74, 6) is 1.53. The van der Waals surface area contributed by atoms with E-state index in [1.54, 1.807) is 37.4 Å². The van der Waals surface area contributed by atoms with Crippen LogP contribution in [0.4, 0.5) is 5.69 Å². The molecule has 0 spiro atoms. The average Bonchev–Trinajstić information content (AvgIpc) is 3.11. The highest BCUT2D eigenvalue weighted by molar-refractivity contribution is 6.06. The lowest BCUT2D eigenvalue weighted by molar-refractivity contribution is 0.102. The van der Waals surface area contributed by atoms with Gasteiger partial charge < -0.3 is 19.6 Å². The van der Waals surface area contributed by atoms with E-state index in [9.17, 15) is 4.79 Å². The number of hydrogen-bond acceptors (Lipinski definition) is 4. The van der Waals surface area contributed by atoms with Crippen molar-refractivity contribution in [2.24, 2.45) is 0 Å². The van der Waals surface area contributed by atoms with Crippen LogP contribution in [0.5, 0.6) is 5.75 Å². The second-order valence-electron chi connectivity index (χ2n) is 5.61. The molecule has 2 aromatic carbocycles. The SMILES string of the molecule is COc1c(C)cccc1C(=O)Nc1ccc(-c2ccc(CO)o2)cc1. The van der Waals surface area contributed by atoms with Crippen molar-refractivity contribution < 1.29 is 19.1 Å². The number of aryl methyl sites for hydroxylation is 1. The fourth-order valence-corrected chi connectivity index (χ4v) is 2.64. The molecule has 2 N–H and O–H groups in total. The van der Waals surface area contributed by atoms with Gasteiger partial charge in [0, 0.05) is 11.3 Å². The Labute approximate surface area is 145 Å². The molecule has 5 heteroatoms. The zero-order chi connectivity index (χ0) is 17.8. The predicted molar refractivity (Wildman–Crippen MR) is 95.8 cm³/mol. The second-order valence-corrected chi connectivity index (χ2v) is 5.61. The van der Waals surface area contributed by atoms with Crippen molar-refractivity contribution in [1.29, 1.82) is 0 Å². The van der Waals surface area contributed by atoms with Crippen molar-refractivity contribution in [3.8, 4) is 17.1 Å². The summed E-state index contributed by atoms with van der Waals surface area (Å²) in [7, 11) is 1.55. The summed E-state index contributed by atoms with van der Waals surface area (Å²) in [6, 6.07) is 16.3. The van der Waals surface area contributed by atoms with Crippen LogP contribution in [0.1, 0.15) is 21.7 Å². The number of ether oxygens (including phenoxy) is 1. The Morgan fingerprint density at radius 2 is 1.88 bits per heavy atom. The molecule has 5 nitrogen and oxygen atoms in total. The summed E-state index contributed by atoms with van der Waals surface area (Å²) in [4.78, 5) is 12.5. The van der Waals surface area contributed by atoms with Crippen molar-refractivity contribution in [1.82, 2.24) is 0 Å². The van der Waals surface area contributed by atoms with Gasteiger partial charge in [0.15, 0.2) is 0 Å². The van der Waals surface area contributed by atoms with E-state index in [1.807, 2.05) is 31.2 Å². The van der Waals surface area contributed by atoms with Crippen LogP contribution in [0.2, 0.25) is 0 Å². The Morgan fingerprint density at radius 1 is 1.12 bits per heavy atom. The molecule has 0 saturated carbocycles. The number of nitrogens with one attached hydrogen (secondary N) is 1. The molecule has 0 aliphatic rings. The van der Waals surface area contributed by atoms with Gasteiger partial charge in [0.1, 0.15) is 23.9 Å². The van der Waals surface area contributed by atoms with E-state index in [4.69, 9.17) is 14.3 Å². The van der Waals surface area contributed by atoms with Gasteiger partial charge in [-0.2, -0.15) is 0 Å². The van der Waals surface area contributed by atoms with E-state index < -0.39 is 0 Å². The summed E-state index contributed by atoms with van der Waals surface area (Å²) < 4.78 is 10.8. The molecule has 0 unspecified atom stereocenters. The second kappa shape index (κ2) is 7.23. The van der Waals surface area contributed by atoms with E-state index in [0.29, 0.717) is 28.5 Å². The fourth-order valence-electron chi connectivity index (χ4n) is 2.64. The van der Waals surface area contributed by atoms with Gasteiger partial charge in [-0.25, -0.2) is 0 Å². The van der Waals surface area contributed by atoms with Crippen LogP contribution in [0, 0.1) is 6.92 Å². The zero-order valence-electron chi connectivity index (χ0n) is 14.1. The standard InChI is InChI=1S/C20H19NO4/c1-13-4-3-5-17(19(13)24-2)20(23)21-15-8-6-14(7-9-15)18-11-10-16(12-22)25-18/h3-11,22H,12H2,1-2H3,(H,21,23). The molecular weight excluding hydrogens is 318 g/mol. The van der Waals surface area contributed by atoms with Crippen LogP contribution in [-0.4, -0.2) is 18.1 Å². The summed E-state index contributed by atoms with van der Waals surface area (Å²) in [6.45, 7) is 1.76. The quantitative estimate of drug-likeness (QED) is 0.738. The van der Waals surface area contributed by atoms with Crippen molar-refractivity contribution in [2.75, 3.05) is 12.4 Å². The Morgan fingerprint density at radius 3 is 2.52 bits per heavy atom. The van der Waals surface area contributed by atoms with Crippen LogP contribution in [0.25, 0.3) is 11.3 Å². The Balaban J connectivity index is 1.77. The molecule has 0 aliphatic heterocycles. The molecule has 0 bridgehead atoms. The monoisotopic (exact) mass is 337 g/mol. The molecule has 0 radical (unpaired) electrons. The molecule has 0 aliphatic carbocycles. The molecule has 25 heavy (non-hydrogen) atoms. The first-order valence-corrected chi connectivity index (χ1v) is 7.87. The topological polar surface area (TPSA) is 71.7 Å². The highest BCUT2D eigenvalue weighted by atomic mass is 16.5. The van der Waals surface area contributed by atoms with Crippen molar-refractivity contribution in [3.63, 3.8) is 0 Å². The number of rotatable bonds is 5. The maximum absolute atomic E-state index is 12.5. The van der Waals surface area contributed by atoms with E-state index in [-0.39, 0.29) is 12.5 Å². The van der Waals surface area contributed by atoms with Gasteiger partial charge in [-0.1, -0.05) is 12.1 Å². The number of hydrogen-bond donors (Lipinski definition) is 2. The fraction of sp³-hybridized carbons (Fsp3) is 0.150. The summed E-state index contributed by atoms with van der Waals surface area (Å²) in [6.07, 6.45) is 0. The molecule has 1 aromatic heterocycles. The van der Waals surface area contributed by atoms with Gasteiger partial charge in [-0.05, 0) is 55.0 Å². The third kappa shape index (κ3) is 3.56. The van der Waals surface area contributed by atoms with Gasteiger partial charge in [0.25, 0.3) is 5.91 Å². The van der Waals surface area contributed by atoms with E-state index in [2.05, 4.69) is 5.32 Å². The maximum Gasteiger partial charge on any atom is 0.259 e. The highest BCUT2D eigenvalue weighted by Crippen LogP contribution is 2.26. The molecule has 1 amide bonds. The van der Waals surface area contributed by atoms with Crippen molar-refractivity contribution in [2.45, 2.75) is 13.5 Å². The molecule has 3 rings (SSSR count). The van der Waals surface area contributed by atoms with Gasteiger partial charge in [0.2, 0.25) is 0 Å². The number of furan rings is 1. The van der Waals surface area contributed by atoms with Crippen LogP contribution < -0.4 is 10.1 Å². The average molecular weight is 337 g/mol. The van der Waals surface area contributed by atoms with Crippen LogP contribution in [-0.2, 0) is 6.61 Å². The maximum atomic E-state index is 12.5. The Bertz CT molecular complexity index is 881. The minimum absolute atomic E-state index is 0.132. The van der Waals surface area contributed by atoms with E-state index in [0.717, 1.165) is 11.1 Å². The van der Waals surface area contributed by atoms with Crippen molar-refractivity contribution in [3.05, 3.63) is 71.5 Å². The first-order chi connectivity index (χ1) is 12.1. The normalized spacial score (nSPS) is 10.5. The molecule has 0 fully saturated rings. The number of anilines is 1. The smallest absolute Gasteiger partial charge is 0.259 e. The number of aliphatic hydroxyl groups excluding tert-OH is 1. The first kappa shape index (κ1) is 16.8. The number of carbonyl (C=O) groups excluding carboxylic acids is 1. The largest absolute Gasteiger partial charge is 0.496 e. The van der Waals surface area contributed by atoms with Gasteiger partial charge in [-0.15, -0.1) is 0 Å². The Kier molecular flexibility index (Phi) is 4.86. The minimum Gasteiger partial charge on any atom is -0.496 e. The number of carbonyl (C=O) groups is 1. The molecular formula is C20H19NO4. The van der Waals surface area contributed by atoms with E-state index >= 15 is 0 Å². The van der Waals surface area contributed by atoms with Crippen LogP contribution in [0.15, 0.2) is 59.0 Å². The lowest BCUT2D eigenvalue weighted by atomic mass is 10.1. The highest BCUT2D eigenvalue weighted by Gasteiger charge is 2.14. The lowest BCUT2D eigenvalue weighted by Gasteiger charge is -2.11. The number of benzene rings is 2. The van der Waals surface area contributed by atoms with Gasteiger partial charge in [0.05, 0.1) is 12.7 Å². The predicted octanol–water partition coefficient (Wildman–Crippen LogP) is 4.01. The number of methoxy groups -OCH3 is 1. The summed E-state index contributed by atoms with van der Waals surface area (Å²) in [5.41, 5.74) is 2.94. The molecule has 0 atom stereocenters. The lowest BCUT2D eigenvalue weighted by Crippen LogP contribution is -2.13. The molecule has 1 heterocycles. The first-order valence-electron chi connectivity index (χ1n) is 7.87. The molecule has 3 aromatic rings. The van der Waals surface area contributed by atoms with E-state index in [1.165, 1.54) is 0 Å². The zero-order valence-corrected chi connectivity index (χ0v) is 14.1. The third-order valence-corrected chi connectivity index (χ3v) is 3.91. The number of para-hydroxylation sites is 1. The summed E-state index contributed by atoms with van der Waals surface area (Å²) in [5, 5.41) is 11.9. The molecule has 128 valence electrons. The summed E-state index contributed by atoms with van der Waals surface area (Å²) >= 11 is 0.